The van der Waals surface area contributed by atoms with Crippen molar-refractivity contribution in [1.82, 2.24) is 0 Å². The molecule has 3 aromatic rings. The molecule has 0 heterocycles. The highest BCUT2D eigenvalue weighted by Crippen LogP contribution is 2.35. The lowest BCUT2D eigenvalue weighted by atomic mass is 10.0. The van der Waals surface area contributed by atoms with E-state index in [1.165, 1.54) is 16.5 Å². The number of benzene rings is 3. The van der Waals surface area contributed by atoms with E-state index >= 15 is 0 Å². The molecular weight excluding hydrogens is 334 g/mol. The molecular formula is C24H25NO2. The third kappa shape index (κ3) is 3.68. The molecule has 3 aromatic carbocycles. The SMILES string of the molecule is CC(C)CCOc1cccc(C(=O)Nc2ccc3c4c(cccc24)CC3)c1. The van der Waals surface area contributed by atoms with E-state index in [1.54, 1.807) is 0 Å². The van der Waals surface area contributed by atoms with Crippen LogP contribution >= 0.6 is 0 Å². The van der Waals surface area contributed by atoms with Crippen LogP contribution in [-0.2, 0) is 12.8 Å². The van der Waals surface area contributed by atoms with Crippen LogP contribution in [0.15, 0.2) is 54.6 Å². The Balaban J connectivity index is 1.54. The van der Waals surface area contributed by atoms with Gasteiger partial charge in [-0.05, 0) is 66.0 Å². The van der Waals surface area contributed by atoms with Crippen LogP contribution in [0.2, 0.25) is 0 Å². The highest BCUT2D eigenvalue weighted by molar-refractivity contribution is 6.10. The molecule has 4 rings (SSSR count). The topological polar surface area (TPSA) is 38.3 Å². The smallest absolute Gasteiger partial charge is 0.255 e. The Morgan fingerprint density at radius 1 is 1.04 bits per heavy atom. The summed E-state index contributed by atoms with van der Waals surface area (Å²) in [4.78, 5) is 12.8. The minimum Gasteiger partial charge on any atom is -0.494 e. The zero-order valence-corrected chi connectivity index (χ0v) is 15.9. The highest BCUT2D eigenvalue weighted by atomic mass is 16.5. The average molecular weight is 359 g/mol. The summed E-state index contributed by atoms with van der Waals surface area (Å²) in [5, 5.41) is 5.52. The zero-order valence-electron chi connectivity index (χ0n) is 15.9. The Morgan fingerprint density at radius 2 is 1.81 bits per heavy atom. The summed E-state index contributed by atoms with van der Waals surface area (Å²) < 4.78 is 5.79. The molecule has 3 heteroatoms. The van der Waals surface area contributed by atoms with Crippen molar-refractivity contribution in [3.63, 3.8) is 0 Å². The van der Waals surface area contributed by atoms with Crippen LogP contribution in [0.3, 0.4) is 0 Å². The van der Waals surface area contributed by atoms with Crippen LogP contribution in [0, 0.1) is 5.92 Å². The summed E-state index contributed by atoms with van der Waals surface area (Å²) in [7, 11) is 0. The minimum absolute atomic E-state index is 0.108. The van der Waals surface area contributed by atoms with Crippen molar-refractivity contribution in [2.24, 2.45) is 5.92 Å². The molecule has 0 aliphatic heterocycles. The van der Waals surface area contributed by atoms with Crippen LogP contribution in [0.4, 0.5) is 5.69 Å². The van der Waals surface area contributed by atoms with Crippen LogP contribution in [-0.4, -0.2) is 12.5 Å². The normalized spacial score (nSPS) is 12.6. The van der Waals surface area contributed by atoms with E-state index in [0.29, 0.717) is 18.1 Å². The first-order chi connectivity index (χ1) is 13.1. The van der Waals surface area contributed by atoms with Crippen molar-refractivity contribution in [3.05, 3.63) is 71.3 Å². The first kappa shape index (κ1) is 17.6. The van der Waals surface area contributed by atoms with Crippen LogP contribution in [0.25, 0.3) is 10.8 Å². The molecule has 0 bridgehead atoms. The molecule has 0 atom stereocenters. The van der Waals surface area contributed by atoms with Crippen molar-refractivity contribution in [1.29, 1.82) is 0 Å². The fraction of sp³-hybridized carbons (Fsp3) is 0.292. The lowest BCUT2D eigenvalue weighted by Crippen LogP contribution is -2.12. The molecule has 3 nitrogen and oxygen atoms in total. The van der Waals surface area contributed by atoms with E-state index in [1.807, 2.05) is 30.3 Å². The minimum atomic E-state index is -0.108. The van der Waals surface area contributed by atoms with Gasteiger partial charge in [0.1, 0.15) is 5.75 Å². The Morgan fingerprint density at radius 3 is 2.63 bits per heavy atom. The van der Waals surface area contributed by atoms with Crippen LogP contribution in [0.5, 0.6) is 5.75 Å². The van der Waals surface area contributed by atoms with Gasteiger partial charge >= 0.3 is 0 Å². The van der Waals surface area contributed by atoms with Gasteiger partial charge in [0.25, 0.3) is 5.91 Å². The fourth-order valence-corrected chi connectivity index (χ4v) is 3.69. The predicted molar refractivity (Wildman–Crippen MR) is 111 cm³/mol. The zero-order chi connectivity index (χ0) is 18.8. The lowest BCUT2D eigenvalue weighted by Gasteiger charge is -2.12. The Bertz CT molecular complexity index is 981. The summed E-state index contributed by atoms with van der Waals surface area (Å²) in [6, 6.07) is 17.9. The van der Waals surface area contributed by atoms with E-state index in [9.17, 15) is 4.79 Å². The summed E-state index contributed by atoms with van der Waals surface area (Å²) in [5.74, 6) is 1.23. The maximum Gasteiger partial charge on any atom is 0.255 e. The molecule has 0 unspecified atom stereocenters. The third-order valence-corrected chi connectivity index (χ3v) is 5.19. The van der Waals surface area contributed by atoms with Crippen molar-refractivity contribution >= 4 is 22.4 Å². The van der Waals surface area contributed by atoms with Gasteiger partial charge in [0.2, 0.25) is 0 Å². The van der Waals surface area contributed by atoms with Gasteiger partial charge in [-0.2, -0.15) is 0 Å². The van der Waals surface area contributed by atoms with E-state index < -0.39 is 0 Å². The molecule has 0 aromatic heterocycles. The Labute approximate surface area is 160 Å². The number of ether oxygens (including phenoxy) is 1. The second-order valence-electron chi connectivity index (χ2n) is 7.62. The number of nitrogens with one attached hydrogen (secondary N) is 1. The molecule has 27 heavy (non-hydrogen) atoms. The largest absolute Gasteiger partial charge is 0.494 e. The van der Waals surface area contributed by atoms with Crippen LogP contribution < -0.4 is 10.1 Å². The number of anilines is 1. The van der Waals surface area contributed by atoms with Gasteiger partial charge < -0.3 is 10.1 Å². The summed E-state index contributed by atoms with van der Waals surface area (Å²) in [6.45, 7) is 5.01. The van der Waals surface area contributed by atoms with Gasteiger partial charge in [-0.15, -0.1) is 0 Å². The number of hydrogen-bond acceptors (Lipinski definition) is 2. The van der Waals surface area contributed by atoms with Gasteiger partial charge in [-0.1, -0.05) is 44.2 Å². The predicted octanol–water partition coefficient (Wildman–Crippen LogP) is 5.62. The first-order valence-electron chi connectivity index (χ1n) is 9.69. The van der Waals surface area contributed by atoms with Gasteiger partial charge in [-0.25, -0.2) is 0 Å². The molecule has 1 amide bonds. The molecule has 0 saturated heterocycles. The van der Waals surface area contributed by atoms with Gasteiger partial charge in [0.05, 0.1) is 6.61 Å². The Kier molecular flexibility index (Phi) is 4.85. The standard InChI is InChI=1S/C24H25NO2/c1-16(2)13-14-27-20-7-3-6-19(15-20)24(26)25-22-12-11-18-10-9-17-5-4-8-21(22)23(17)18/h3-8,11-12,15-16H,9-10,13-14H2,1-2H3,(H,25,26). The fourth-order valence-electron chi connectivity index (χ4n) is 3.69. The van der Waals surface area contributed by atoms with Crippen molar-refractivity contribution in [2.45, 2.75) is 33.1 Å². The number of rotatable bonds is 6. The monoisotopic (exact) mass is 359 g/mol. The Hall–Kier alpha value is -2.81. The molecule has 0 spiro atoms. The number of carbonyl (C=O) groups is 1. The number of amides is 1. The number of hydrogen-bond donors (Lipinski definition) is 1. The highest BCUT2D eigenvalue weighted by Gasteiger charge is 2.17. The lowest BCUT2D eigenvalue weighted by molar-refractivity contribution is 0.102. The molecule has 1 aliphatic carbocycles. The third-order valence-electron chi connectivity index (χ3n) is 5.19. The average Bonchev–Trinajstić information content (AvgIpc) is 3.09. The maximum absolute atomic E-state index is 12.8. The van der Waals surface area contributed by atoms with E-state index in [-0.39, 0.29) is 5.91 Å². The molecule has 0 saturated carbocycles. The molecule has 0 radical (unpaired) electrons. The second-order valence-corrected chi connectivity index (χ2v) is 7.62. The summed E-state index contributed by atoms with van der Waals surface area (Å²) in [5.41, 5.74) is 4.23. The van der Waals surface area contributed by atoms with Crippen molar-refractivity contribution < 1.29 is 9.53 Å². The first-order valence-corrected chi connectivity index (χ1v) is 9.69. The quantitative estimate of drug-likeness (QED) is 0.621. The molecule has 1 N–H and O–H groups in total. The second kappa shape index (κ2) is 7.43. The van der Waals surface area contributed by atoms with Crippen LogP contribution in [0.1, 0.15) is 41.8 Å². The maximum atomic E-state index is 12.8. The summed E-state index contributed by atoms with van der Waals surface area (Å²) in [6.07, 6.45) is 3.16. The van der Waals surface area contributed by atoms with Gasteiger partial charge in [-0.3, -0.25) is 4.79 Å². The number of carbonyl (C=O) groups excluding carboxylic acids is 1. The van der Waals surface area contributed by atoms with Crippen molar-refractivity contribution in [3.8, 4) is 5.75 Å². The van der Waals surface area contributed by atoms with E-state index in [4.69, 9.17) is 4.74 Å². The van der Waals surface area contributed by atoms with E-state index in [0.717, 1.165) is 36.1 Å². The van der Waals surface area contributed by atoms with Crippen molar-refractivity contribution in [2.75, 3.05) is 11.9 Å². The summed E-state index contributed by atoms with van der Waals surface area (Å²) >= 11 is 0. The van der Waals surface area contributed by atoms with Gasteiger partial charge in [0.15, 0.2) is 0 Å². The number of aryl methyl sites for hydroxylation is 2. The molecule has 138 valence electrons. The molecule has 0 fully saturated rings. The van der Waals surface area contributed by atoms with E-state index in [2.05, 4.69) is 43.4 Å². The van der Waals surface area contributed by atoms with Gasteiger partial charge in [0, 0.05) is 16.6 Å². The molecule has 1 aliphatic rings.